The van der Waals surface area contributed by atoms with Crippen LogP contribution in [0, 0.1) is 0 Å². The number of alkyl halides is 3. The summed E-state index contributed by atoms with van der Waals surface area (Å²) in [5, 5.41) is 0. The molecule has 2 atom stereocenters. The van der Waals surface area contributed by atoms with Gasteiger partial charge in [-0.25, -0.2) is 0 Å². The molecule has 3 rings (SSSR count). The molecule has 92 valence electrons. The summed E-state index contributed by atoms with van der Waals surface area (Å²) in [4.78, 5) is 1.76. The highest BCUT2D eigenvalue weighted by Crippen LogP contribution is 2.46. The molecule has 0 spiro atoms. The van der Waals surface area contributed by atoms with Crippen LogP contribution in [0.2, 0.25) is 0 Å². The molecule has 2 nitrogen and oxygen atoms in total. The first-order valence-electron chi connectivity index (χ1n) is 5.71. The van der Waals surface area contributed by atoms with Crippen molar-refractivity contribution in [1.29, 1.82) is 0 Å². The molecule has 17 heavy (non-hydrogen) atoms. The fraction of sp³-hybridized carbons (Fsp3) is 0.500. The van der Waals surface area contributed by atoms with Crippen molar-refractivity contribution in [2.75, 3.05) is 4.90 Å². The molecule has 1 aromatic carbocycles. The van der Waals surface area contributed by atoms with Crippen LogP contribution in [0.25, 0.3) is 0 Å². The molecule has 0 aromatic heterocycles. The highest BCUT2D eigenvalue weighted by Gasteiger charge is 2.44. The number of halogens is 3. The summed E-state index contributed by atoms with van der Waals surface area (Å²) >= 11 is 0. The van der Waals surface area contributed by atoms with Crippen molar-refractivity contribution in [2.24, 2.45) is 5.73 Å². The van der Waals surface area contributed by atoms with Gasteiger partial charge in [0.25, 0.3) is 0 Å². The summed E-state index contributed by atoms with van der Waals surface area (Å²) < 4.78 is 38.9. The minimum Gasteiger partial charge on any atom is -0.352 e. The van der Waals surface area contributed by atoms with Gasteiger partial charge in [-0.15, -0.1) is 0 Å². The quantitative estimate of drug-likeness (QED) is 0.757. The van der Waals surface area contributed by atoms with Gasteiger partial charge >= 0.3 is 6.18 Å². The Bertz CT molecular complexity index is 456. The van der Waals surface area contributed by atoms with Crippen LogP contribution in [0.3, 0.4) is 0 Å². The maximum absolute atomic E-state index is 13.0. The van der Waals surface area contributed by atoms with Crippen LogP contribution in [0.5, 0.6) is 0 Å². The minimum atomic E-state index is -4.30. The van der Waals surface area contributed by atoms with Crippen LogP contribution in [0.4, 0.5) is 18.9 Å². The average Bonchev–Trinajstić information content (AvgIpc) is 2.76. The lowest BCUT2D eigenvalue weighted by Crippen LogP contribution is -2.39. The standard InChI is InChI=1S/C12H13F3N2/c13-12(14,15)9-3-1-2-7-6-8-4-5-10(16)17(8)11(7)9/h1-3,8,10H,4-6,16H2. The van der Waals surface area contributed by atoms with E-state index in [-0.39, 0.29) is 12.2 Å². The molecule has 5 heteroatoms. The lowest BCUT2D eigenvalue weighted by atomic mass is 10.0. The molecule has 2 aliphatic heterocycles. The monoisotopic (exact) mass is 242 g/mol. The predicted molar refractivity (Wildman–Crippen MR) is 58.6 cm³/mol. The normalized spacial score (nSPS) is 27.2. The molecule has 0 aliphatic carbocycles. The van der Waals surface area contributed by atoms with E-state index in [0.717, 1.165) is 24.5 Å². The molecule has 1 saturated heterocycles. The fourth-order valence-corrected chi connectivity index (χ4v) is 3.00. The van der Waals surface area contributed by atoms with E-state index in [2.05, 4.69) is 0 Å². The van der Waals surface area contributed by atoms with Crippen molar-refractivity contribution in [1.82, 2.24) is 0 Å². The van der Waals surface area contributed by atoms with Gasteiger partial charge in [-0.2, -0.15) is 13.2 Å². The number of nitrogens with zero attached hydrogens (tertiary/aromatic N) is 1. The van der Waals surface area contributed by atoms with Crippen LogP contribution in [0.15, 0.2) is 18.2 Å². The number of fused-ring (bicyclic) bond motifs is 3. The second kappa shape index (κ2) is 3.38. The molecule has 0 saturated carbocycles. The number of benzene rings is 1. The summed E-state index contributed by atoms with van der Waals surface area (Å²) in [5.41, 5.74) is 6.45. The summed E-state index contributed by atoms with van der Waals surface area (Å²) in [7, 11) is 0. The topological polar surface area (TPSA) is 29.3 Å². The molecule has 1 aromatic rings. The first-order valence-corrected chi connectivity index (χ1v) is 5.71. The number of rotatable bonds is 0. The van der Waals surface area contributed by atoms with E-state index in [1.807, 2.05) is 0 Å². The number of hydrogen-bond donors (Lipinski definition) is 1. The van der Waals surface area contributed by atoms with Gasteiger partial charge < -0.3 is 10.6 Å². The molecular weight excluding hydrogens is 229 g/mol. The van der Waals surface area contributed by atoms with Crippen LogP contribution in [-0.2, 0) is 12.6 Å². The Labute approximate surface area is 97.2 Å². The molecule has 2 aliphatic rings. The largest absolute Gasteiger partial charge is 0.418 e. The third-order valence-corrected chi connectivity index (χ3v) is 3.69. The third kappa shape index (κ3) is 1.52. The van der Waals surface area contributed by atoms with Crippen molar-refractivity contribution in [2.45, 2.75) is 37.6 Å². The smallest absolute Gasteiger partial charge is 0.352 e. The van der Waals surface area contributed by atoms with Gasteiger partial charge in [0.1, 0.15) is 0 Å². The van der Waals surface area contributed by atoms with Gasteiger partial charge in [-0.3, -0.25) is 0 Å². The molecular formula is C12H13F3N2. The van der Waals surface area contributed by atoms with E-state index in [4.69, 9.17) is 5.73 Å². The number of hydrogen-bond acceptors (Lipinski definition) is 2. The van der Waals surface area contributed by atoms with E-state index < -0.39 is 11.7 Å². The molecule has 2 N–H and O–H groups in total. The highest BCUT2D eigenvalue weighted by molar-refractivity contribution is 5.66. The Morgan fingerprint density at radius 3 is 2.71 bits per heavy atom. The molecule has 2 heterocycles. The van der Waals surface area contributed by atoms with Crippen LogP contribution in [0.1, 0.15) is 24.0 Å². The molecule has 2 unspecified atom stereocenters. The van der Waals surface area contributed by atoms with Crippen molar-refractivity contribution in [3.05, 3.63) is 29.3 Å². The molecule has 0 radical (unpaired) electrons. The predicted octanol–water partition coefficient (Wildman–Crippen LogP) is 2.52. The Hall–Kier alpha value is -1.23. The van der Waals surface area contributed by atoms with Crippen molar-refractivity contribution in [3.8, 4) is 0 Å². The van der Waals surface area contributed by atoms with E-state index >= 15 is 0 Å². The van der Waals surface area contributed by atoms with E-state index in [0.29, 0.717) is 12.1 Å². The van der Waals surface area contributed by atoms with Crippen molar-refractivity contribution in [3.63, 3.8) is 0 Å². The Morgan fingerprint density at radius 2 is 2.00 bits per heavy atom. The Balaban J connectivity index is 2.15. The first-order chi connectivity index (χ1) is 7.98. The molecule has 0 amide bonds. The van der Waals surface area contributed by atoms with Gasteiger partial charge in [-0.1, -0.05) is 12.1 Å². The average molecular weight is 242 g/mol. The van der Waals surface area contributed by atoms with E-state index in [1.54, 1.807) is 11.0 Å². The lowest BCUT2D eigenvalue weighted by molar-refractivity contribution is -0.137. The van der Waals surface area contributed by atoms with Crippen molar-refractivity contribution < 1.29 is 13.2 Å². The zero-order valence-corrected chi connectivity index (χ0v) is 9.17. The molecule has 1 fully saturated rings. The lowest BCUT2D eigenvalue weighted by Gasteiger charge is -2.27. The number of nitrogens with two attached hydrogens (primary N) is 1. The van der Waals surface area contributed by atoms with Gasteiger partial charge in [0.2, 0.25) is 0 Å². The SMILES string of the molecule is NC1CCC2Cc3cccc(C(F)(F)F)c3N12. The summed E-state index contributed by atoms with van der Waals surface area (Å²) in [6, 6.07) is 4.56. The second-order valence-corrected chi connectivity index (χ2v) is 4.72. The van der Waals surface area contributed by atoms with Gasteiger partial charge in [0.05, 0.1) is 17.4 Å². The summed E-state index contributed by atoms with van der Waals surface area (Å²) in [6.07, 6.45) is -2.23. The maximum atomic E-state index is 13.0. The zero-order chi connectivity index (χ0) is 12.2. The minimum absolute atomic E-state index is 0.156. The molecule has 0 bridgehead atoms. The summed E-state index contributed by atoms with van der Waals surface area (Å²) in [5.74, 6) is 0. The maximum Gasteiger partial charge on any atom is 0.418 e. The van der Waals surface area contributed by atoms with Crippen LogP contribution in [-0.4, -0.2) is 12.2 Å². The van der Waals surface area contributed by atoms with Crippen LogP contribution < -0.4 is 10.6 Å². The van der Waals surface area contributed by atoms with Crippen molar-refractivity contribution >= 4 is 5.69 Å². The third-order valence-electron chi connectivity index (χ3n) is 3.69. The Kier molecular flexibility index (Phi) is 2.17. The fourth-order valence-electron chi connectivity index (χ4n) is 3.00. The highest BCUT2D eigenvalue weighted by atomic mass is 19.4. The Morgan fingerprint density at radius 1 is 1.24 bits per heavy atom. The van der Waals surface area contributed by atoms with Gasteiger partial charge in [-0.05, 0) is 30.9 Å². The van der Waals surface area contributed by atoms with E-state index in [1.165, 1.54) is 6.07 Å². The number of para-hydroxylation sites is 1. The van der Waals surface area contributed by atoms with Gasteiger partial charge in [0.15, 0.2) is 0 Å². The van der Waals surface area contributed by atoms with Crippen LogP contribution >= 0.6 is 0 Å². The van der Waals surface area contributed by atoms with E-state index in [9.17, 15) is 13.2 Å². The zero-order valence-electron chi connectivity index (χ0n) is 9.17. The summed E-state index contributed by atoms with van der Waals surface area (Å²) in [6.45, 7) is 0. The second-order valence-electron chi connectivity index (χ2n) is 4.72. The first kappa shape index (κ1) is 10.9. The number of anilines is 1. The van der Waals surface area contributed by atoms with Gasteiger partial charge in [0, 0.05) is 6.04 Å².